The first-order valence-electron chi connectivity index (χ1n) is 10.2. The minimum absolute atomic E-state index is 0.0277. The number of amides is 1. The van der Waals surface area contributed by atoms with Gasteiger partial charge in [0.15, 0.2) is 5.96 Å². The first-order chi connectivity index (χ1) is 12.9. The predicted molar refractivity (Wildman–Crippen MR) is 113 cm³/mol. The molecular formula is C22H36N4O. The largest absolute Gasteiger partial charge is 0.357 e. The van der Waals surface area contributed by atoms with Crippen LogP contribution in [0.25, 0.3) is 0 Å². The van der Waals surface area contributed by atoms with Crippen LogP contribution in [0.5, 0.6) is 0 Å². The number of nitrogens with one attached hydrogen (secondary N) is 1. The van der Waals surface area contributed by atoms with Crippen molar-refractivity contribution < 1.29 is 4.79 Å². The molecule has 1 aromatic carbocycles. The van der Waals surface area contributed by atoms with Gasteiger partial charge >= 0.3 is 0 Å². The Labute approximate surface area is 164 Å². The minimum atomic E-state index is 0.0277. The van der Waals surface area contributed by atoms with Gasteiger partial charge in [-0.1, -0.05) is 31.9 Å². The summed E-state index contributed by atoms with van der Waals surface area (Å²) < 4.78 is 0. The Hall–Kier alpha value is -2.04. The van der Waals surface area contributed by atoms with Gasteiger partial charge in [0.2, 0.25) is 0 Å². The summed E-state index contributed by atoms with van der Waals surface area (Å²) in [4.78, 5) is 20.7. The standard InChI is InChI=1S/C22H36N4O/c1-6-23-22(26(5)16-19-9-7-17(2)8-10-19)24-15-18-11-13-20(14-12-18)21(27)25(3)4/h11-14,17,19H,6-10,15-16H2,1-5H3,(H,23,24). The Morgan fingerprint density at radius 2 is 1.74 bits per heavy atom. The lowest BCUT2D eigenvalue weighted by molar-refractivity contribution is 0.0827. The molecule has 0 aromatic heterocycles. The highest BCUT2D eigenvalue weighted by molar-refractivity contribution is 5.93. The van der Waals surface area contributed by atoms with E-state index >= 15 is 0 Å². The molecule has 0 heterocycles. The van der Waals surface area contributed by atoms with E-state index in [9.17, 15) is 4.79 Å². The van der Waals surface area contributed by atoms with E-state index in [4.69, 9.17) is 4.99 Å². The second-order valence-electron chi connectivity index (χ2n) is 8.07. The number of hydrogen-bond donors (Lipinski definition) is 1. The van der Waals surface area contributed by atoms with Crippen LogP contribution in [0, 0.1) is 11.8 Å². The molecule has 1 aliphatic carbocycles. The van der Waals surface area contributed by atoms with Crippen molar-refractivity contribution in [2.75, 3.05) is 34.2 Å². The Balaban J connectivity index is 1.96. The van der Waals surface area contributed by atoms with Gasteiger partial charge in [0.25, 0.3) is 5.91 Å². The van der Waals surface area contributed by atoms with E-state index in [1.807, 2.05) is 24.3 Å². The molecular weight excluding hydrogens is 336 g/mol. The summed E-state index contributed by atoms with van der Waals surface area (Å²) in [5.74, 6) is 2.65. The minimum Gasteiger partial charge on any atom is -0.357 e. The average molecular weight is 373 g/mol. The van der Waals surface area contributed by atoms with Gasteiger partial charge < -0.3 is 15.1 Å². The molecule has 0 unspecified atom stereocenters. The van der Waals surface area contributed by atoms with E-state index in [0.29, 0.717) is 12.1 Å². The summed E-state index contributed by atoms with van der Waals surface area (Å²) in [6.45, 7) is 7.01. The molecule has 1 fully saturated rings. The molecule has 0 radical (unpaired) electrons. The quantitative estimate of drug-likeness (QED) is 0.613. The summed E-state index contributed by atoms with van der Waals surface area (Å²) in [6, 6.07) is 7.75. The monoisotopic (exact) mass is 372 g/mol. The van der Waals surface area contributed by atoms with Gasteiger partial charge in [-0.3, -0.25) is 4.79 Å². The molecule has 1 aromatic rings. The Morgan fingerprint density at radius 3 is 2.30 bits per heavy atom. The summed E-state index contributed by atoms with van der Waals surface area (Å²) in [5.41, 5.74) is 1.82. The van der Waals surface area contributed by atoms with Crippen LogP contribution in [0.1, 0.15) is 55.5 Å². The molecule has 1 aliphatic rings. The topological polar surface area (TPSA) is 47.9 Å². The maximum absolute atomic E-state index is 12.0. The smallest absolute Gasteiger partial charge is 0.253 e. The van der Waals surface area contributed by atoms with Crippen LogP contribution < -0.4 is 5.32 Å². The number of benzene rings is 1. The molecule has 0 atom stereocenters. The second-order valence-corrected chi connectivity index (χ2v) is 8.07. The zero-order valence-corrected chi connectivity index (χ0v) is 17.7. The number of carbonyl (C=O) groups excluding carboxylic acids is 1. The Morgan fingerprint density at radius 1 is 1.11 bits per heavy atom. The normalized spacial score (nSPS) is 20.3. The first-order valence-corrected chi connectivity index (χ1v) is 10.2. The number of hydrogen-bond acceptors (Lipinski definition) is 2. The highest BCUT2D eigenvalue weighted by Gasteiger charge is 2.20. The van der Waals surface area contributed by atoms with E-state index < -0.39 is 0 Å². The maximum atomic E-state index is 12.0. The van der Waals surface area contributed by atoms with E-state index in [0.717, 1.165) is 36.4 Å². The molecule has 2 rings (SSSR count). The molecule has 0 spiro atoms. The molecule has 150 valence electrons. The van der Waals surface area contributed by atoms with Gasteiger partial charge in [0.1, 0.15) is 0 Å². The van der Waals surface area contributed by atoms with Crippen LogP contribution in [-0.4, -0.2) is 55.9 Å². The number of guanidine groups is 1. The Bertz CT molecular complexity index is 616. The lowest BCUT2D eigenvalue weighted by Crippen LogP contribution is -2.41. The summed E-state index contributed by atoms with van der Waals surface area (Å²) in [7, 11) is 5.68. The third-order valence-electron chi connectivity index (χ3n) is 5.38. The van der Waals surface area contributed by atoms with Crippen LogP contribution in [0.3, 0.4) is 0 Å². The van der Waals surface area contributed by atoms with Gasteiger partial charge in [-0.2, -0.15) is 0 Å². The van der Waals surface area contributed by atoms with Crippen LogP contribution in [-0.2, 0) is 6.54 Å². The highest BCUT2D eigenvalue weighted by atomic mass is 16.2. The first kappa shape index (κ1) is 21.3. The molecule has 0 bridgehead atoms. The lowest BCUT2D eigenvalue weighted by atomic mass is 9.83. The fourth-order valence-corrected chi connectivity index (χ4v) is 3.63. The SMILES string of the molecule is CCNC(=NCc1ccc(C(=O)N(C)C)cc1)N(C)CC1CCC(C)CC1. The van der Waals surface area contributed by atoms with Gasteiger partial charge in [0.05, 0.1) is 6.54 Å². The number of rotatable bonds is 6. The van der Waals surface area contributed by atoms with Gasteiger partial charge in [0, 0.05) is 39.8 Å². The molecule has 5 heteroatoms. The fourth-order valence-electron chi connectivity index (χ4n) is 3.63. The number of nitrogens with zero attached hydrogens (tertiary/aromatic N) is 3. The third-order valence-corrected chi connectivity index (χ3v) is 5.38. The van der Waals surface area contributed by atoms with Crippen LogP contribution >= 0.6 is 0 Å². The van der Waals surface area contributed by atoms with Crippen molar-refractivity contribution in [3.05, 3.63) is 35.4 Å². The molecule has 5 nitrogen and oxygen atoms in total. The van der Waals surface area contributed by atoms with Gasteiger partial charge in [-0.15, -0.1) is 0 Å². The molecule has 0 aliphatic heterocycles. The van der Waals surface area contributed by atoms with Crippen molar-refractivity contribution in [1.82, 2.24) is 15.1 Å². The van der Waals surface area contributed by atoms with Crippen LogP contribution in [0.15, 0.2) is 29.3 Å². The molecule has 1 amide bonds. The van der Waals surface area contributed by atoms with Crippen molar-refractivity contribution in [1.29, 1.82) is 0 Å². The number of aliphatic imine (C=N–C) groups is 1. The number of carbonyl (C=O) groups is 1. The Kier molecular flexibility index (Phi) is 8.14. The van der Waals surface area contributed by atoms with Crippen molar-refractivity contribution in [3.8, 4) is 0 Å². The van der Waals surface area contributed by atoms with E-state index in [1.165, 1.54) is 25.7 Å². The predicted octanol–water partition coefficient (Wildman–Crippen LogP) is 3.61. The van der Waals surface area contributed by atoms with E-state index in [1.54, 1.807) is 19.0 Å². The van der Waals surface area contributed by atoms with Crippen LogP contribution in [0.4, 0.5) is 0 Å². The molecule has 1 N–H and O–H groups in total. The van der Waals surface area contributed by atoms with E-state index in [2.05, 4.69) is 31.1 Å². The third kappa shape index (κ3) is 6.56. The van der Waals surface area contributed by atoms with Crippen LogP contribution in [0.2, 0.25) is 0 Å². The van der Waals surface area contributed by atoms with E-state index in [-0.39, 0.29) is 5.91 Å². The van der Waals surface area contributed by atoms with Crippen molar-refractivity contribution in [3.63, 3.8) is 0 Å². The van der Waals surface area contributed by atoms with Crippen molar-refractivity contribution in [2.24, 2.45) is 16.8 Å². The zero-order valence-electron chi connectivity index (χ0n) is 17.7. The maximum Gasteiger partial charge on any atom is 0.253 e. The van der Waals surface area contributed by atoms with Crippen molar-refractivity contribution in [2.45, 2.75) is 46.1 Å². The summed E-state index contributed by atoms with van der Waals surface area (Å²) >= 11 is 0. The van der Waals surface area contributed by atoms with Crippen molar-refractivity contribution >= 4 is 11.9 Å². The van der Waals surface area contributed by atoms with Gasteiger partial charge in [-0.25, -0.2) is 4.99 Å². The lowest BCUT2D eigenvalue weighted by Gasteiger charge is -2.31. The molecule has 0 saturated heterocycles. The fraction of sp³-hybridized carbons (Fsp3) is 0.636. The highest BCUT2D eigenvalue weighted by Crippen LogP contribution is 2.28. The summed E-state index contributed by atoms with van der Waals surface area (Å²) in [5, 5.41) is 3.41. The zero-order chi connectivity index (χ0) is 19.8. The van der Waals surface area contributed by atoms with Gasteiger partial charge in [-0.05, 0) is 49.3 Å². The second kappa shape index (κ2) is 10.3. The molecule has 1 saturated carbocycles. The molecule has 27 heavy (non-hydrogen) atoms. The summed E-state index contributed by atoms with van der Waals surface area (Å²) in [6.07, 6.45) is 5.35. The average Bonchev–Trinajstić information content (AvgIpc) is 2.66.